The number of likely N-dealkylation sites (N-methyl/N-ethyl adjacent to an activating group) is 1. The van der Waals surface area contributed by atoms with Crippen molar-refractivity contribution in [2.45, 2.75) is 55.4 Å². The van der Waals surface area contributed by atoms with Crippen molar-refractivity contribution in [2.24, 2.45) is 0 Å². The number of anilines is 1. The van der Waals surface area contributed by atoms with Gasteiger partial charge in [0.15, 0.2) is 23.2 Å². The summed E-state index contributed by atoms with van der Waals surface area (Å²) in [5, 5.41) is 30.0. The Labute approximate surface area is 380 Å². The standard InChI is InChI=1S/C54H54N6O5/c1-5-59(6-2)46-47(61)52(65-48(46)49(62)53(37-19-11-7-12-20-37,38-21-13-8-14-22-38)39-27-31-43(63-3)32-28-39)60-36-57-45-50(55-35-56-51(45)60)58-54(40-23-15-9-16-24-40,41-25-17-10-18-26-41)42-29-33-44(64-4)34-30-42/h7-36,46-49,52,61-62H,5-6H2,1-4H3,(H,55,56,58)/t46?,47-,48+,49?,52-/m1/s1. The van der Waals surface area contributed by atoms with Crippen molar-refractivity contribution in [1.82, 2.24) is 24.4 Å². The summed E-state index contributed by atoms with van der Waals surface area (Å²) in [6.07, 6.45) is -1.06. The molecule has 1 aliphatic heterocycles. The van der Waals surface area contributed by atoms with Crippen molar-refractivity contribution in [3.8, 4) is 11.5 Å². The predicted molar refractivity (Wildman–Crippen MR) is 253 cm³/mol. The number of nitrogens with zero attached hydrogens (tertiary/aromatic N) is 5. The van der Waals surface area contributed by atoms with Gasteiger partial charge in [-0.05, 0) is 70.7 Å². The molecule has 3 heterocycles. The number of ether oxygens (including phenoxy) is 3. The van der Waals surface area contributed by atoms with E-state index in [1.807, 2.05) is 133 Å². The van der Waals surface area contributed by atoms with Crippen LogP contribution in [0, 0.1) is 0 Å². The molecular formula is C54H54N6O5. The van der Waals surface area contributed by atoms with E-state index in [-0.39, 0.29) is 0 Å². The summed E-state index contributed by atoms with van der Waals surface area (Å²) in [4.78, 5) is 16.7. The number of aromatic nitrogens is 4. The van der Waals surface area contributed by atoms with Gasteiger partial charge in [-0.2, -0.15) is 0 Å². The molecular weight excluding hydrogens is 813 g/mol. The third kappa shape index (κ3) is 7.60. The predicted octanol–water partition coefficient (Wildman–Crippen LogP) is 8.61. The molecule has 330 valence electrons. The van der Waals surface area contributed by atoms with Gasteiger partial charge in [0.05, 0.1) is 38.1 Å². The van der Waals surface area contributed by atoms with Crippen LogP contribution in [0.2, 0.25) is 0 Å². The fourth-order valence-electron chi connectivity index (χ4n) is 10.0. The first-order valence-corrected chi connectivity index (χ1v) is 22.1. The minimum Gasteiger partial charge on any atom is -0.497 e. The van der Waals surface area contributed by atoms with Crippen molar-refractivity contribution < 1.29 is 24.4 Å². The molecule has 0 bridgehead atoms. The van der Waals surface area contributed by atoms with Crippen LogP contribution in [0.15, 0.2) is 183 Å². The number of hydrogen-bond donors (Lipinski definition) is 3. The zero-order valence-electron chi connectivity index (χ0n) is 37.0. The highest BCUT2D eigenvalue weighted by Gasteiger charge is 2.57. The topological polar surface area (TPSA) is 127 Å². The van der Waals surface area contributed by atoms with Crippen LogP contribution in [0.1, 0.15) is 53.5 Å². The quantitative estimate of drug-likeness (QED) is 0.0813. The third-order valence-corrected chi connectivity index (χ3v) is 13.1. The van der Waals surface area contributed by atoms with Gasteiger partial charge in [0.25, 0.3) is 0 Å². The fourth-order valence-corrected chi connectivity index (χ4v) is 10.0. The van der Waals surface area contributed by atoms with Crippen LogP contribution >= 0.6 is 0 Å². The van der Waals surface area contributed by atoms with Crippen molar-refractivity contribution >= 4 is 17.0 Å². The molecule has 0 spiro atoms. The molecule has 9 rings (SSSR count). The molecule has 1 aliphatic rings. The number of imidazole rings is 1. The van der Waals surface area contributed by atoms with Gasteiger partial charge in [-0.15, -0.1) is 0 Å². The second kappa shape index (κ2) is 18.7. The molecule has 3 N–H and O–H groups in total. The van der Waals surface area contributed by atoms with Crippen molar-refractivity contribution in [2.75, 3.05) is 32.6 Å². The molecule has 0 radical (unpaired) electrons. The van der Waals surface area contributed by atoms with E-state index in [4.69, 9.17) is 29.2 Å². The maximum atomic E-state index is 13.5. The van der Waals surface area contributed by atoms with E-state index in [0.717, 1.165) is 39.1 Å². The molecule has 65 heavy (non-hydrogen) atoms. The first-order chi connectivity index (χ1) is 31.9. The molecule has 0 aliphatic carbocycles. The highest BCUT2D eigenvalue weighted by Crippen LogP contribution is 2.49. The monoisotopic (exact) mass is 866 g/mol. The Balaban J connectivity index is 1.18. The van der Waals surface area contributed by atoms with Gasteiger partial charge < -0.3 is 29.7 Å². The van der Waals surface area contributed by atoms with Crippen LogP contribution in [-0.2, 0) is 15.7 Å². The minimum atomic E-state index is -1.21. The van der Waals surface area contributed by atoms with E-state index >= 15 is 0 Å². The zero-order valence-corrected chi connectivity index (χ0v) is 37.0. The van der Waals surface area contributed by atoms with Gasteiger partial charge in [-0.1, -0.05) is 159 Å². The normalized spacial score (nSPS) is 18.1. The first kappa shape index (κ1) is 43.4. The lowest BCUT2D eigenvalue weighted by Gasteiger charge is -2.44. The number of methoxy groups -OCH3 is 2. The average molecular weight is 867 g/mol. The second-order valence-corrected chi connectivity index (χ2v) is 16.3. The summed E-state index contributed by atoms with van der Waals surface area (Å²) in [7, 11) is 3.30. The van der Waals surface area contributed by atoms with Crippen LogP contribution in [0.25, 0.3) is 11.2 Å². The van der Waals surface area contributed by atoms with Crippen LogP contribution in [0.5, 0.6) is 11.5 Å². The second-order valence-electron chi connectivity index (χ2n) is 16.3. The summed E-state index contributed by atoms with van der Waals surface area (Å²) in [6, 6.07) is 55.8. The highest BCUT2D eigenvalue weighted by molar-refractivity contribution is 5.84. The Bertz CT molecular complexity index is 2690. The molecule has 2 aromatic heterocycles. The van der Waals surface area contributed by atoms with Crippen LogP contribution in [-0.4, -0.2) is 86.3 Å². The van der Waals surface area contributed by atoms with Gasteiger partial charge >= 0.3 is 0 Å². The Kier molecular flexibility index (Phi) is 12.5. The zero-order chi connectivity index (χ0) is 45.0. The lowest BCUT2D eigenvalue weighted by atomic mass is 9.63. The number of hydrogen-bond acceptors (Lipinski definition) is 10. The lowest BCUT2D eigenvalue weighted by Crippen LogP contribution is -2.57. The maximum Gasteiger partial charge on any atom is 0.167 e. The molecule has 6 aromatic carbocycles. The van der Waals surface area contributed by atoms with Gasteiger partial charge in [0, 0.05) is 0 Å². The minimum absolute atomic E-state index is 0.456. The molecule has 1 saturated heterocycles. The molecule has 0 saturated carbocycles. The first-order valence-electron chi connectivity index (χ1n) is 22.1. The Hall–Kier alpha value is -6.89. The number of aliphatic hydroxyl groups excluding tert-OH is 2. The highest BCUT2D eigenvalue weighted by atomic mass is 16.5. The average Bonchev–Trinajstić information content (AvgIpc) is 3.96. The largest absolute Gasteiger partial charge is 0.497 e. The number of aliphatic hydroxyl groups is 2. The van der Waals surface area contributed by atoms with Crippen LogP contribution in [0.4, 0.5) is 5.82 Å². The number of nitrogens with one attached hydrogen (secondary N) is 1. The van der Waals surface area contributed by atoms with E-state index < -0.39 is 41.5 Å². The number of benzene rings is 6. The number of fused-ring (bicyclic) bond motifs is 1. The maximum absolute atomic E-state index is 13.5. The van der Waals surface area contributed by atoms with E-state index in [1.165, 1.54) is 6.33 Å². The van der Waals surface area contributed by atoms with Crippen molar-refractivity contribution in [1.29, 1.82) is 0 Å². The van der Waals surface area contributed by atoms with Gasteiger partial charge in [-0.3, -0.25) is 9.47 Å². The van der Waals surface area contributed by atoms with Gasteiger partial charge in [-0.25, -0.2) is 15.0 Å². The van der Waals surface area contributed by atoms with E-state index in [2.05, 4.69) is 60.5 Å². The Morgan fingerprint density at radius 3 is 1.55 bits per heavy atom. The molecule has 8 aromatic rings. The van der Waals surface area contributed by atoms with Crippen LogP contribution in [0.3, 0.4) is 0 Å². The Morgan fingerprint density at radius 2 is 1.08 bits per heavy atom. The van der Waals surface area contributed by atoms with Crippen molar-refractivity contribution in [3.63, 3.8) is 0 Å². The molecule has 11 heteroatoms. The fraction of sp³-hybridized carbons (Fsp3) is 0.241. The summed E-state index contributed by atoms with van der Waals surface area (Å²) >= 11 is 0. The lowest BCUT2D eigenvalue weighted by molar-refractivity contribution is -0.0921. The van der Waals surface area contributed by atoms with Gasteiger partial charge in [0.2, 0.25) is 0 Å². The molecule has 2 unspecified atom stereocenters. The van der Waals surface area contributed by atoms with E-state index in [1.54, 1.807) is 25.1 Å². The van der Waals surface area contributed by atoms with Gasteiger partial charge in [0.1, 0.15) is 35.6 Å². The summed E-state index contributed by atoms with van der Waals surface area (Å²) in [6.45, 7) is 5.34. The van der Waals surface area contributed by atoms with Crippen LogP contribution < -0.4 is 14.8 Å². The number of rotatable bonds is 16. The molecule has 11 nitrogen and oxygen atoms in total. The van der Waals surface area contributed by atoms with E-state index in [0.29, 0.717) is 35.8 Å². The summed E-state index contributed by atoms with van der Waals surface area (Å²) in [5.41, 5.74) is 4.36. The molecule has 0 amide bonds. The summed E-state index contributed by atoms with van der Waals surface area (Å²) < 4.78 is 20.1. The Morgan fingerprint density at radius 1 is 0.631 bits per heavy atom. The third-order valence-electron chi connectivity index (χ3n) is 13.1. The molecule has 1 fully saturated rings. The smallest absolute Gasteiger partial charge is 0.167 e. The van der Waals surface area contributed by atoms with E-state index in [9.17, 15) is 10.2 Å². The SMILES string of the molecule is CCN(CC)C1[C@@H](C(O)C(c2ccccc2)(c2ccccc2)c2ccc(OC)cc2)O[C@@H](n2cnc3c(NC(c4ccccc4)(c4ccccc4)c4ccc(OC)cc4)ncnc32)[C@@H]1O. The summed E-state index contributed by atoms with van der Waals surface area (Å²) in [5.74, 6) is 1.92. The molecule has 5 atom stereocenters. The van der Waals surface area contributed by atoms with Crippen molar-refractivity contribution in [3.05, 3.63) is 216 Å².